The van der Waals surface area contributed by atoms with Crippen molar-refractivity contribution in [3.05, 3.63) is 18.2 Å². The van der Waals surface area contributed by atoms with Gasteiger partial charge < -0.3 is 24.8 Å². The summed E-state index contributed by atoms with van der Waals surface area (Å²) in [5.41, 5.74) is 0.568. The van der Waals surface area contributed by atoms with Crippen LogP contribution in [0, 0.1) is 0 Å². The standard InChI is InChI=1S/C13H18N2O4/c1-17-10-3-4-12(18-2)11(7-10)15-13(16)14-9-5-6-19-8-9/h3-4,7,9H,5-6,8H2,1-2H3,(H2,14,15,16). The van der Waals surface area contributed by atoms with Gasteiger partial charge in [-0.1, -0.05) is 0 Å². The molecule has 0 aliphatic carbocycles. The molecule has 19 heavy (non-hydrogen) atoms. The molecule has 2 rings (SSSR count). The Labute approximate surface area is 112 Å². The second-order valence-electron chi connectivity index (χ2n) is 4.23. The normalized spacial score (nSPS) is 17.9. The molecule has 1 saturated heterocycles. The van der Waals surface area contributed by atoms with Crippen molar-refractivity contribution in [2.75, 3.05) is 32.8 Å². The number of nitrogens with one attached hydrogen (secondary N) is 2. The average molecular weight is 266 g/mol. The van der Waals surface area contributed by atoms with Crippen LogP contribution in [0.1, 0.15) is 6.42 Å². The molecule has 1 heterocycles. The molecular formula is C13H18N2O4. The summed E-state index contributed by atoms with van der Waals surface area (Å²) in [6, 6.07) is 5.02. The molecule has 1 aliphatic rings. The molecule has 0 saturated carbocycles. The minimum atomic E-state index is -0.276. The van der Waals surface area contributed by atoms with Gasteiger partial charge in [-0.2, -0.15) is 0 Å². The van der Waals surface area contributed by atoms with E-state index in [1.807, 2.05) is 0 Å². The Kier molecular flexibility index (Phi) is 4.46. The number of urea groups is 1. The topological polar surface area (TPSA) is 68.8 Å². The van der Waals surface area contributed by atoms with Crippen molar-refractivity contribution in [1.29, 1.82) is 0 Å². The van der Waals surface area contributed by atoms with Gasteiger partial charge in [-0.15, -0.1) is 0 Å². The van der Waals surface area contributed by atoms with Gasteiger partial charge in [-0.3, -0.25) is 0 Å². The van der Waals surface area contributed by atoms with Crippen LogP contribution in [0.4, 0.5) is 10.5 Å². The monoisotopic (exact) mass is 266 g/mol. The van der Waals surface area contributed by atoms with E-state index in [2.05, 4.69) is 10.6 Å². The number of hydrogen-bond acceptors (Lipinski definition) is 4. The minimum absolute atomic E-state index is 0.0663. The van der Waals surface area contributed by atoms with E-state index < -0.39 is 0 Å². The Morgan fingerprint density at radius 2 is 2.21 bits per heavy atom. The Bertz CT molecular complexity index is 444. The molecule has 0 radical (unpaired) electrons. The third-order valence-corrected chi connectivity index (χ3v) is 2.92. The van der Waals surface area contributed by atoms with Crippen molar-refractivity contribution >= 4 is 11.7 Å². The third-order valence-electron chi connectivity index (χ3n) is 2.92. The van der Waals surface area contributed by atoms with Crippen LogP contribution in [0.2, 0.25) is 0 Å². The van der Waals surface area contributed by atoms with E-state index in [9.17, 15) is 4.79 Å². The summed E-state index contributed by atoms with van der Waals surface area (Å²) < 4.78 is 15.5. The molecule has 1 aromatic rings. The molecule has 1 aromatic carbocycles. The van der Waals surface area contributed by atoms with Gasteiger partial charge in [0.1, 0.15) is 11.5 Å². The van der Waals surface area contributed by atoms with Crippen molar-refractivity contribution in [2.45, 2.75) is 12.5 Å². The number of carbonyl (C=O) groups is 1. The zero-order valence-corrected chi connectivity index (χ0v) is 11.1. The van der Waals surface area contributed by atoms with Gasteiger partial charge in [0.05, 0.1) is 32.6 Å². The highest BCUT2D eigenvalue weighted by molar-refractivity contribution is 5.91. The van der Waals surface area contributed by atoms with E-state index in [1.165, 1.54) is 0 Å². The maximum absolute atomic E-state index is 11.9. The van der Waals surface area contributed by atoms with Crippen LogP contribution in [0.25, 0.3) is 0 Å². The van der Waals surface area contributed by atoms with E-state index in [4.69, 9.17) is 14.2 Å². The molecule has 104 valence electrons. The highest BCUT2D eigenvalue weighted by Crippen LogP contribution is 2.28. The van der Waals surface area contributed by atoms with E-state index in [0.717, 1.165) is 6.42 Å². The Morgan fingerprint density at radius 3 is 2.84 bits per heavy atom. The first-order valence-electron chi connectivity index (χ1n) is 6.10. The second-order valence-corrected chi connectivity index (χ2v) is 4.23. The van der Waals surface area contributed by atoms with Gasteiger partial charge in [0, 0.05) is 12.7 Å². The summed E-state index contributed by atoms with van der Waals surface area (Å²) in [6.07, 6.45) is 0.836. The molecule has 0 aromatic heterocycles. The summed E-state index contributed by atoms with van der Waals surface area (Å²) in [7, 11) is 3.12. The van der Waals surface area contributed by atoms with Crippen molar-refractivity contribution in [1.82, 2.24) is 5.32 Å². The lowest BCUT2D eigenvalue weighted by atomic mass is 10.2. The van der Waals surface area contributed by atoms with Crippen LogP contribution in [0.3, 0.4) is 0 Å². The number of hydrogen-bond donors (Lipinski definition) is 2. The van der Waals surface area contributed by atoms with E-state index >= 15 is 0 Å². The van der Waals surface area contributed by atoms with Crippen molar-refractivity contribution in [2.24, 2.45) is 0 Å². The molecule has 2 amide bonds. The number of benzene rings is 1. The van der Waals surface area contributed by atoms with Crippen LogP contribution in [-0.4, -0.2) is 39.5 Å². The van der Waals surface area contributed by atoms with Crippen LogP contribution < -0.4 is 20.1 Å². The summed E-state index contributed by atoms with van der Waals surface area (Å²) in [5, 5.41) is 5.60. The van der Waals surface area contributed by atoms with Crippen molar-refractivity contribution in [3.8, 4) is 11.5 Å². The largest absolute Gasteiger partial charge is 0.497 e. The molecule has 0 bridgehead atoms. The SMILES string of the molecule is COc1ccc(OC)c(NC(=O)NC2CCOC2)c1. The Balaban J connectivity index is 2.01. The number of methoxy groups -OCH3 is 2. The predicted octanol–water partition coefficient (Wildman–Crippen LogP) is 1.61. The van der Waals surface area contributed by atoms with Crippen molar-refractivity contribution in [3.63, 3.8) is 0 Å². The zero-order valence-electron chi connectivity index (χ0n) is 11.1. The fourth-order valence-electron chi connectivity index (χ4n) is 1.90. The Morgan fingerprint density at radius 1 is 1.37 bits per heavy atom. The molecule has 1 aliphatic heterocycles. The van der Waals surface area contributed by atoms with E-state index in [-0.39, 0.29) is 12.1 Å². The number of ether oxygens (including phenoxy) is 3. The molecule has 6 nitrogen and oxygen atoms in total. The number of carbonyl (C=O) groups excluding carboxylic acids is 1. The van der Waals surface area contributed by atoms with Gasteiger partial charge >= 0.3 is 6.03 Å². The van der Waals surface area contributed by atoms with Crippen LogP contribution >= 0.6 is 0 Å². The first-order valence-corrected chi connectivity index (χ1v) is 6.10. The van der Waals surface area contributed by atoms with E-state index in [0.29, 0.717) is 30.4 Å². The highest BCUT2D eigenvalue weighted by atomic mass is 16.5. The fraction of sp³-hybridized carbons (Fsp3) is 0.462. The van der Waals surface area contributed by atoms with Gasteiger partial charge in [0.2, 0.25) is 0 Å². The lowest BCUT2D eigenvalue weighted by molar-refractivity contribution is 0.189. The second kappa shape index (κ2) is 6.29. The maximum atomic E-state index is 11.9. The van der Waals surface area contributed by atoms with Gasteiger partial charge in [0.15, 0.2) is 0 Å². The fourth-order valence-corrected chi connectivity index (χ4v) is 1.90. The van der Waals surface area contributed by atoms with E-state index in [1.54, 1.807) is 32.4 Å². The molecule has 0 spiro atoms. The predicted molar refractivity (Wildman–Crippen MR) is 70.9 cm³/mol. The summed E-state index contributed by atoms with van der Waals surface area (Å²) >= 11 is 0. The lowest BCUT2D eigenvalue weighted by Gasteiger charge is -2.14. The first-order chi connectivity index (χ1) is 9.22. The lowest BCUT2D eigenvalue weighted by Crippen LogP contribution is -2.38. The van der Waals surface area contributed by atoms with Gasteiger partial charge in [-0.25, -0.2) is 4.79 Å². The van der Waals surface area contributed by atoms with Crippen LogP contribution in [0.5, 0.6) is 11.5 Å². The van der Waals surface area contributed by atoms with Gasteiger partial charge in [-0.05, 0) is 18.6 Å². The molecular weight excluding hydrogens is 248 g/mol. The molecule has 2 N–H and O–H groups in total. The molecule has 6 heteroatoms. The molecule has 1 fully saturated rings. The maximum Gasteiger partial charge on any atom is 0.319 e. The van der Waals surface area contributed by atoms with Gasteiger partial charge in [0.25, 0.3) is 0 Å². The summed E-state index contributed by atoms with van der Waals surface area (Å²) in [6.45, 7) is 1.25. The highest BCUT2D eigenvalue weighted by Gasteiger charge is 2.18. The smallest absolute Gasteiger partial charge is 0.319 e. The number of anilines is 1. The first kappa shape index (κ1) is 13.5. The average Bonchev–Trinajstić information content (AvgIpc) is 2.91. The summed E-state index contributed by atoms with van der Waals surface area (Å²) in [5.74, 6) is 1.24. The zero-order chi connectivity index (χ0) is 13.7. The van der Waals surface area contributed by atoms with Crippen LogP contribution in [-0.2, 0) is 4.74 Å². The summed E-state index contributed by atoms with van der Waals surface area (Å²) in [4.78, 5) is 11.9. The quantitative estimate of drug-likeness (QED) is 0.868. The Hall–Kier alpha value is -1.95. The molecule has 1 unspecified atom stereocenters. The number of rotatable bonds is 4. The third kappa shape index (κ3) is 3.51. The van der Waals surface area contributed by atoms with Crippen molar-refractivity contribution < 1.29 is 19.0 Å². The number of amides is 2. The van der Waals surface area contributed by atoms with Crippen LogP contribution in [0.15, 0.2) is 18.2 Å². The molecule has 1 atom stereocenters. The minimum Gasteiger partial charge on any atom is -0.497 e.